The van der Waals surface area contributed by atoms with Crippen molar-refractivity contribution >= 4 is 17.7 Å². The van der Waals surface area contributed by atoms with E-state index in [1.165, 1.54) is 35.2 Å². The Labute approximate surface area is 235 Å². The lowest BCUT2D eigenvalue weighted by atomic mass is 9.96. The molecule has 3 aromatic rings. The van der Waals surface area contributed by atoms with E-state index in [0.717, 1.165) is 16.7 Å². The Morgan fingerprint density at radius 3 is 2.12 bits per heavy atom. The number of nitrogens with one attached hydrogen (secondary N) is 1. The van der Waals surface area contributed by atoms with Crippen LogP contribution in [0.2, 0.25) is 0 Å². The van der Waals surface area contributed by atoms with E-state index >= 15 is 4.39 Å². The molecule has 2 fully saturated rings. The summed E-state index contributed by atoms with van der Waals surface area (Å²) in [4.78, 5) is 42.5. The van der Waals surface area contributed by atoms with Crippen LogP contribution in [0.4, 0.5) is 13.2 Å². The van der Waals surface area contributed by atoms with Crippen molar-refractivity contribution in [1.29, 1.82) is 0 Å². The highest BCUT2D eigenvalue weighted by Crippen LogP contribution is 2.33. The average molecular weight is 563 g/mol. The summed E-state index contributed by atoms with van der Waals surface area (Å²) in [6.07, 6.45) is 0.352. The molecule has 3 heterocycles. The van der Waals surface area contributed by atoms with Gasteiger partial charge in [-0.1, -0.05) is 30.3 Å². The number of halogens is 3. The van der Waals surface area contributed by atoms with Crippen molar-refractivity contribution in [1.82, 2.24) is 20.0 Å². The van der Waals surface area contributed by atoms with Crippen molar-refractivity contribution < 1.29 is 27.6 Å². The second-order valence-electron chi connectivity index (χ2n) is 10.8. The quantitative estimate of drug-likeness (QED) is 0.464. The van der Waals surface area contributed by atoms with Gasteiger partial charge < -0.3 is 4.90 Å². The molecule has 0 radical (unpaired) electrons. The third-order valence-corrected chi connectivity index (χ3v) is 8.14. The number of fused-ring (bicyclic) bond motifs is 1. The predicted molar refractivity (Wildman–Crippen MR) is 144 cm³/mol. The molecule has 6 rings (SSSR count). The Hall–Kier alpha value is -4.02. The minimum atomic E-state index is -0.798. The summed E-state index contributed by atoms with van der Waals surface area (Å²) in [5, 5.41) is 2.26. The molecule has 10 heteroatoms. The van der Waals surface area contributed by atoms with Gasteiger partial charge in [0.25, 0.3) is 5.91 Å². The zero-order valence-electron chi connectivity index (χ0n) is 22.3. The summed E-state index contributed by atoms with van der Waals surface area (Å²) in [6, 6.07) is 14.8. The van der Waals surface area contributed by atoms with Crippen LogP contribution < -0.4 is 5.32 Å². The van der Waals surface area contributed by atoms with Crippen LogP contribution in [0.25, 0.3) is 0 Å². The fraction of sp³-hybridized carbons (Fsp3) is 0.323. The van der Waals surface area contributed by atoms with E-state index < -0.39 is 23.7 Å². The van der Waals surface area contributed by atoms with Gasteiger partial charge in [-0.25, -0.2) is 13.2 Å². The number of piperazine rings is 1. The molecule has 1 atom stereocenters. The van der Waals surface area contributed by atoms with Gasteiger partial charge >= 0.3 is 0 Å². The topological polar surface area (TPSA) is 73.0 Å². The van der Waals surface area contributed by atoms with Gasteiger partial charge in [0, 0.05) is 45.7 Å². The number of rotatable bonds is 6. The van der Waals surface area contributed by atoms with E-state index in [1.54, 1.807) is 12.1 Å². The summed E-state index contributed by atoms with van der Waals surface area (Å²) >= 11 is 0. The lowest BCUT2D eigenvalue weighted by Crippen LogP contribution is -2.52. The van der Waals surface area contributed by atoms with Gasteiger partial charge in [0.1, 0.15) is 23.5 Å². The van der Waals surface area contributed by atoms with Crippen LogP contribution in [-0.2, 0) is 22.7 Å². The van der Waals surface area contributed by atoms with Crippen molar-refractivity contribution in [2.45, 2.75) is 38.0 Å². The summed E-state index contributed by atoms with van der Waals surface area (Å²) < 4.78 is 43.4. The van der Waals surface area contributed by atoms with E-state index in [-0.39, 0.29) is 48.5 Å². The molecule has 0 aromatic heterocycles. The van der Waals surface area contributed by atoms with Crippen molar-refractivity contribution in [3.8, 4) is 0 Å². The molecule has 1 unspecified atom stereocenters. The van der Waals surface area contributed by atoms with Gasteiger partial charge in [-0.15, -0.1) is 0 Å². The van der Waals surface area contributed by atoms with Gasteiger partial charge in [-0.3, -0.25) is 29.5 Å². The molecular weight excluding hydrogens is 533 g/mol. The zero-order chi connectivity index (χ0) is 28.7. The van der Waals surface area contributed by atoms with Crippen LogP contribution in [0, 0.1) is 17.5 Å². The standard InChI is InChI=1S/C31H29F3N4O3/c32-23-5-1-3-20(15-23)29(21-4-2-6-24(33)16-21)37-11-9-36(10-12-37)17-19-13-22-18-38(31(41)28(22)25(34)14-19)26-7-8-27(39)35-30(26)40/h1-6,13-16,26,29H,7-12,17-18H2,(H,35,39,40). The predicted octanol–water partition coefficient (Wildman–Crippen LogP) is 3.77. The zero-order valence-corrected chi connectivity index (χ0v) is 22.3. The molecule has 0 spiro atoms. The van der Waals surface area contributed by atoms with Crippen molar-refractivity contribution in [3.63, 3.8) is 0 Å². The highest BCUT2D eigenvalue weighted by molar-refractivity contribution is 6.05. The molecule has 2 saturated heterocycles. The van der Waals surface area contributed by atoms with Gasteiger partial charge in [-0.05, 0) is 59.0 Å². The number of benzene rings is 3. The first kappa shape index (κ1) is 27.2. The Balaban J connectivity index is 1.15. The van der Waals surface area contributed by atoms with Gasteiger partial charge in [0.05, 0.1) is 11.6 Å². The lowest BCUT2D eigenvalue weighted by Gasteiger charge is -2.40. The number of imide groups is 1. The number of hydrogen-bond acceptors (Lipinski definition) is 5. The third kappa shape index (κ3) is 5.49. The van der Waals surface area contributed by atoms with E-state index in [1.807, 2.05) is 18.2 Å². The summed E-state index contributed by atoms with van der Waals surface area (Å²) in [7, 11) is 0. The van der Waals surface area contributed by atoms with Crippen molar-refractivity contribution in [2.75, 3.05) is 26.2 Å². The molecule has 7 nitrogen and oxygen atoms in total. The summed E-state index contributed by atoms with van der Waals surface area (Å²) in [6.45, 7) is 3.15. The first-order valence-corrected chi connectivity index (χ1v) is 13.7. The molecule has 1 N–H and O–H groups in total. The fourth-order valence-electron chi connectivity index (χ4n) is 6.22. The molecule has 0 aliphatic carbocycles. The number of hydrogen-bond donors (Lipinski definition) is 1. The van der Waals surface area contributed by atoms with Crippen molar-refractivity contribution in [3.05, 3.63) is 106 Å². The fourth-order valence-corrected chi connectivity index (χ4v) is 6.22. The number of amides is 3. The van der Waals surface area contributed by atoms with Crippen LogP contribution in [-0.4, -0.2) is 64.6 Å². The van der Waals surface area contributed by atoms with E-state index in [2.05, 4.69) is 15.1 Å². The molecule has 3 aromatic carbocycles. The van der Waals surface area contributed by atoms with Gasteiger partial charge in [-0.2, -0.15) is 0 Å². The smallest absolute Gasteiger partial charge is 0.258 e. The lowest BCUT2D eigenvalue weighted by molar-refractivity contribution is -0.136. The van der Waals surface area contributed by atoms with Gasteiger partial charge in [0.15, 0.2) is 0 Å². The molecule has 3 amide bonds. The molecule has 41 heavy (non-hydrogen) atoms. The molecule has 212 valence electrons. The second-order valence-corrected chi connectivity index (χ2v) is 10.8. The molecule has 0 saturated carbocycles. The van der Waals surface area contributed by atoms with E-state index in [4.69, 9.17) is 0 Å². The van der Waals surface area contributed by atoms with Gasteiger partial charge in [0.2, 0.25) is 11.8 Å². The van der Waals surface area contributed by atoms with Crippen LogP contribution in [0.15, 0.2) is 60.7 Å². The Bertz CT molecular complexity index is 1480. The first-order chi connectivity index (χ1) is 19.8. The Morgan fingerprint density at radius 1 is 0.854 bits per heavy atom. The molecular formula is C31H29F3N4O3. The third-order valence-electron chi connectivity index (χ3n) is 8.14. The average Bonchev–Trinajstić information content (AvgIpc) is 3.26. The highest BCUT2D eigenvalue weighted by Gasteiger charge is 2.40. The highest BCUT2D eigenvalue weighted by atomic mass is 19.1. The minimum Gasteiger partial charge on any atom is -0.322 e. The maximum Gasteiger partial charge on any atom is 0.258 e. The monoisotopic (exact) mass is 562 g/mol. The van der Waals surface area contributed by atoms with Crippen LogP contribution in [0.5, 0.6) is 0 Å². The van der Waals surface area contributed by atoms with Crippen LogP contribution in [0.3, 0.4) is 0 Å². The normalized spacial score (nSPS) is 20.0. The van der Waals surface area contributed by atoms with E-state index in [0.29, 0.717) is 38.3 Å². The SMILES string of the molecule is O=C1CCC(N2Cc3cc(CN4CCN(C(c5cccc(F)c5)c5cccc(F)c5)CC4)cc(F)c3C2=O)C(=O)N1. The largest absolute Gasteiger partial charge is 0.322 e. The number of piperidine rings is 1. The summed E-state index contributed by atoms with van der Waals surface area (Å²) in [5.74, 6) is -2.76. The molecule has 3 aliphatic rings. The van der Waals surface area contributed by atoms with Crippen LogP contribution in [0.1, 0.15) is 51.5 Å². The second kappa shape index (κ2) is 11.1. The Morgan fingerprint density at radius 2 is 1.51 bits per heavy atom. The maximum absolute atomic E-state index is 15.2. The maximum atomic E-state index is 15.2. The number of carbonyl (C=O) groups is 3. The summed E-state index contributed by atoms with van der Waals surface area (Å²) in [5.41, 5.74) is 2.73. The first-order valence-electron chi connectivity index (χ1n) is 13.7. The molecule has 3 aliphatic heterocycles. The van der Waals surface area contributed by atoms with Crippen molar-refractivity contribution in [2.24, 2.45) is 0 Å². The number of nitrogens with zero attached hydrogens (tertiary/aromatic N) is 3. The number of carbonyl (C=O) groups excluding carboxylic acids is 3. The Kier molecular flexibility index (Phi) is 7.35. The minimum absolute atomic E-state index is 0.0173. The van der Waals surface area contributed by atoms with E-state index in [9.17, 15) is 23.2 Å². The molecule has 0 bridgehead atoms. The van der Waals surface area contributed by atoms with Crippen LogP contribution >= 0.6 is 0 Å².